The molecule has 0 radical (unpaired) electrons. The summed E-state index contributed by atoms with van der Waals surface area (Å²) in [6.07, 6.45) is 6.54. The van der Waals surface area contributed by atoms with E-state index in [1.165, 1.54) is 14.2 Å². The average Bonchev–Trinajstić information content (AvgIpc) is 2.66. The highest BCUT2D eigenvalue weighted by atomic mass is 16.5. The van der Waals surface area contributed by atoms with Gasteiger partial charge in [-0.25, -0.2) is 0 Å². The first-order valence-electron chi connectivity index (χ1n) is 9.42. The zero-order valence-corrected chi connectivity index (χ0v) is 16.1. The molecule has 0 saturated heterocycles. The lowest BCUT2D eigenvalue weighted by Crippen LogP contribution is -2.44. The second-order valence-electron chi connectivity index (χ2n) is 6.88. The molecule has 1 amide bonds. The van der Waals surface area contributed by atoms with Gasteiger partial charge in [-0.1, -0.05) is 32.6 Å². The summed E-state index contributed by atoms with van der Waals surface area (Å²) >= 11 is 0. The number of carbonyl (C=O) groups is 1. The van der Waals surface area contributed by atoms with Gasteiger partial charge in [0.25, 0.3) is 5.91 Å². The third-order valence-electron chi connectivity index (χ3n) is 4.83. The summed E-state index contributed by atoms with van der Waals surface area (Å²) in [6, 6.07) is 3.29. The van der Waals surface area contributed by atoms with Gasteiger partial charge in [-0.15, -0.1) is 0 Å². The van der Waals surface area contributed by atoms with E-state index < -0.39 is 5.60 Å². The maximum atomic E-state index is 12.6. The summed E-state index contributed by atoms with van der Waals surface area (Å²) in [5.41, 5.74) is -0.383. The first-order chi connectivity index (χ1) is 12.5. The minimum atomic E-state index is -0.800. The van der Waals surface area contributed by atoms with Crippen LogP contribution in [0.3, 0.4) is 0 Å². The monoisotopic (exact) mass is 365 g/mol. The smallest absolute Gasteiger partial charge is 0.251 e. The largest absolute Gasteiger partial charge is 0.493 e. The van der Waals surface area contributed by atoms with E-state index in [0.29, 0.717) is 29.4 Å². The molecule has 26 heavy (non-hydrogen) atoms. The van der Waals surface area contributed by atoms with Crippen LogP contribution in [0.1, 0.15) is 62.2 Å². The van der Waals surface area contributed by atoms with Crippen molar-refractivity contribution in [2.45, 2.75) is 57.5 Å². The van der Waals surface area contributed by atoms with Gasteiger partial charge in [-0.3, -0.25) is 4.79 Å². The van der Waals surface area contributed by atoms with Gasteiger partial charge in [0.15, 0.2) is 11.5 Å². The predicted octanol–water partition coefficient (Wildman–Crippen LogP) is 3.31. The number of benzene rings is 1. The Labute approximate surface area is 155 Å². The Balaban J connectivity index is 2.11. The van der Waals surface area contributed by atoms with E-state index in [1.54, 1.807) is 12.1 Å². The molecule has 6 nitrogen and oxygen atoms in total. The molecule has 0 spiro atoms. The summed E-state index contributed by atoms with van der Waals surface area (Å²) in [5.74, 6) is 1.16. The molecule has 0 unspecified atom stereocenters. The quantitative estimate of drug-likeness (QED) is 0.657. The summed E-state index contributed by atoms with van der Waals surface area (Å²) in [7, 11) is 3.07. The predicted molar refractivity (Wildman–Crippen MR) is 100 cm³/mol. The van der Waals surface area contributed by atoms with Crippen molar-refractivity contribution < 1.29 is 24.1 Å². The normalized spacial score (nSPS) is 16.0. The second-order valence-corrected chi connectivity index (χ2v) is 6.88. The fraction of sp³-hybridized carbons (Fsp3) is 0.650. The summed E-state index contributed by atoms with van der Waals surface area (Å²) in [4.78, 5) is 12.6. The minimum Gasteiger partial charge on any atom is -0.493 e. The van der Waals surface area contributed by atoms with Crippen molar-refractivity contribution in [3.63, 3.8) is 0 Å². The van der Waals surface area contributed by atoms with Gasteiger partial charge in [0.05, 0.1) is 26.4 Å². The lowest BCUT2D eigenvalue weighted by Gasteiger charge is -2.32. The van der Waals surface area contributed by atoms with E-state index in [2.05, 4.69) is 12.2 Å². The summed E-state index contributed by atoms with van der Waals surface area (Å²) in [5, 5.41) is 13.4. The van der Waals surface area contributed by atoms with Crippen LogP contribution in [0, 0.1) is 0 Å². The molecule has 1 aliphatic rings. The van der Waals surface area contributed by atoms with E-state index in [9.17, 15) is 9.90 Å². The third-order valence-corrected chi connectivity index (χ3v) is 4.83. The van der Waals surface area contributed by atoms with Gasteiger partial charge < -0.3 is 24.6 Å². The van der Waals surface area contributed by atoms with E-state index >= 15 is 0 Å². The molecule has 2 rings (SSSR count). The fourth-order valence-electron chi connectivity index (χ4n) is 3.21. The zero-order valence-electron chi connectivity index (χ0n) is 16.1. The molecular weight excluding hydrogens is 334 g/mol. The van der Waals surface area contributed by atoms with Gasteiger partial charge in [-0.05, 0) is 31.4 Å². The van der Waals surface area contributed by atoms with Crippen LogP contribution in [-0.2, 0) is 0 Å². The van der Waals surface area contributed by atoms with Crippen molar-refractivity contribution in [2.75, 3.05) is 27.4 Å². The Kier molecular flexibility index (Phi) is 7.57. The van der Waals surface area contributed by atoms with E-state index in [4.69, 9.17) is 14.2 Å². The first kappa shape index (κ1) is 20.4. The van der Waals surface area contributed by atoms with Crippen molar-refractivity contribution in [2.24, 2.45) is 0 Å². The Morgan fingerprint density at radius 3 is 2.31 bits per heavy atom. The molecule has 146 valence electrons. The molecule has 0 aromatic heterocycles. The SMILES string of the molecule is CCCCOc1c(OC)cc(C(=O)NCC2(O)CCCCC2)cc1OC. The van der Waals surface area contributed by atoms with Crippen molar-refractivity contribution in [1.29, 1.82) is 0 Å². The van der Waals surface area contributed by atoms with E-state index in [-0.39, 0.29) is 12.5 Å². The molecule has 1 aromatic rings. The van der Waals surface area contributed by atoms with Crippen LogP contribution in [0.2, 0.25) is 0 Å². The summed E-state index contributed by atoms with van der Waals surface area (Å²) < 4.78 is 16.6. The third kappa shape index (κ3) is 5.27. The minimum absolute atomic E-state index is 0.255. The number of hydrogen-bond acceptors (Lipinski definition) is 5. The molecule has 1 aromatic carbocycles. The second kappa shape index (κ2) is 9.67. The lowest BCUT2D eigenvalue weighted by molar-refractivity contribution is 0.00525. The number of amides is 1. The number of ether oxygens (including phenoxy) is 3. The van der Waals surface area contributed by atoms with Crippen LogP contribution >= 0.6 is 0 Å². The lowest BCUT2D eigenvalue weighted by atomic mass is 9.85. The van der Waals surface area contributed by atoms with Crippen molar-refractivity contribution in [1.82, 2.24) is 5.32 Å². The fourth-order valence-corrected chi connectivity index (χ4v) is 3.21. The highest BCUT2D eigenvalue weighted by Gasteiger charge is 2.29. The van der Waals surface area contributed by atoms with Gasteiger partial charge in [-0.2, -0.15) is 0 Å². The Bertz CT molecular complexity index is 571. The maximum absolute atomic E-state index is 12.6. The number of methoxy groups -OCH3 is 2. The van der Waals surface area contributed by atoms with Gasteiger partial charge >= 0.3 is 0 Å². The van der Waals surface area contributed by atoms with E-state index in [1.807, 2.05) is 0 Å². The molecule has 0 atom stereocenters. The van der Waals surface area contributed by atoms with Crippen LogP contribution in [0.5, 0.6) is 17.2 Å². The number of aliphatic hydroxyl groups is 1. The van der Waals surface area contributed by atoms with Gasteiger partial charge in [0.1, 0.15) is 0 Å². The number of nitrogens with one attached hydrogen (secondary N) is 1. The van der Waals surface area contributed by atoms with Gasteiger partial charge in [0.2, 0.25) is 5.75 Å². The molecule has 1 saturated carbocycles. The van der Waals surface area contributed by atoms with E-state index in [0.717, 1.165) is 44.9 Å². The van der Waals surface area contributed by atoms with Gasteiger partial charge in [0, 0.05) is 12.1 Å². The van der Waals surface area contributed by atoms with Crippen molar-refractivity contribution >= 4 is 5.91 Å². The van der Waals surface area contributed by atoms with Crippen molar-refractivity contribution in [3.05, 3.63) is 17.7 Å². The number of carbonyl (C=O) groups excluding carboxylic acids is 1. The number of hydrogen-bond donors (Lipinski definition) is 2. The average molecular weight is 365 g/mol. The topological polar surface area (TPSA) is 77.0 Å². The Morgan fingerprint density at radius 2 is 1.77 bits per heavy atom. The standard InChI is InChI=1S/C20H31NO5/c1-4-5-11-26-18-16(24-2)12-15(13-17(18)25-3)19(22)21-14-20(23)9-7-6-8-10-20/h12-13,23H,4-11,14H2,1-3H3,(H,21,22). The van der Waals surface area contributed by atoms with Crippen LogP contribution in [-0.4, -0.2) is 44.0 Å². The molecule has 1 fully saturated rings. The first-order valence-corrected chi connectivity index (χ1v) is 9.42. The van der Waals surface area contributed by atoms with Crippen LogP contribution in [0.15, 0.2) is 12.1 Å². The zero-order chi connectivity index (χ0) is 19.0. The number of rotatable bonds is 9. The Morgan fingerprint density at radius 1 is 1.15 bits per heavy atom. The molecule has 2 N–H and O–H groups in total. The molecular formula is C20H31NO5. The molecule has 0 aliphatic heterocycles. The van der Waals surface area contributed by atoms with Crippen LogP contribution < -0.4 is 19.5 Å². The van der Waals surface area contributed by atoms with Crippen LogP contribution in [0.25, 0.3) is 0 Å². The Hall–Kier alpha value is -1.95. The maximum Gasteiger partial charge on any atom is 0.251 e. The summed E-state index contributed by atoms with van der Waals surface area (Å²) in [6.45, 7) is 2.90. The van der Waals surface area contributed by atoms with Crippen LogP contribution in [0.4, 0.5) is 0 Å². The number of unbranched alkanes of at least 4 members (excludes halogenated alkanes) is 1. The highest BCUT2D eigenvalue weighted by Crippen LogP contribution is 2.38. The molecule has 0 bridgehead atoms. The highest BCUT2D eigenvalue weighted by molar-refractivity contribution is 5.95. The molecule has 0 heterocycles. The molecule has 6 heteroatoms. The molecule has 1 aliphatic carbocycles. The van der Waals surface area contributed by atoms with Crippen molar-refractivity contribution in [3.8, 4) is 17.2 Å².